The number of rotatable bonds is 4. The number of nitrogens with zero attached hydrogens (tertiary/aromatic N) is 1. The first-order chi connectivity index (χ1) is 6.05. The van der Waals surface area contributed by atoms with E-state index in [0.717, 1.165) is 12.6 Å². The molecule has 0 aromatic carbocycles. The van der Waals surface area contributed by atoms with E-state index in [0.29, 0.717) is 0 Å². The fourth-order valence-corrected chi connectivity index (χ4v) is 2.18. The van der Waals surface area contributed by atoms with Crippen LogP contribution in [0.25, 0.3) is 0 Å². The van der Waals surface area contributed by atoms with E-state index in [2.05, 4.69) is 31.1 Å². The molecule has 0 unspecified atom stereocenters. The van der Waals surface area contributed by atoms with Crippen molar-refractivity contribution in [3.63, 3.8) is 0 Å². The van der Waals surface area contributed by atoms with Gasteiger partial charge < -0.3 is 10.2 Å². The minimum atomic E-state index is 0.247. The molecule has 0 radical (unpaired) electrons. The van der Waals surface area contributed by atoms with E-state index in [9.17, 15) is 0 Å². The number of hydrogen-bond donors (Lipinski definition) is 1. The Balaban J connectivity index is 2.35. The van der Waals surface area contributed by atoms with Crippen LogP contribution in [-0.4, -0.2) is 37.1 Å². The summed E-state index contributed by atoms with van der Waals surface area (Å²) in [5.41, 5.74) is 0.247. The molecule has 78 valence electrons. The number of nitrogens with one attached hydrogen (secondary N) is 1. The van der Waals surface area contributed by atoms with Crippen molar-refractivity contribution < 1.29 is 0 Å². The van der Waals surface area contributed by atoms with Gasteiger partial charge in [0.1, 0.15) is 0 Å². The van der Waals surface area contributed by atoms with Crippen LogP contribution in [0.2, 0.25) is 0 Å². The van der Waals surface area contributed by atoms with Gasteiger partial charge in [-0.2, -0.15) is 0 Å². The minimum absolute atomic E-state index is 0.247. The molecule has 1 aliphatic carbocycles. The van der Waals surface area contributed by atoms with Crippen molar-refractivity contribution in [2.45, 2.75) is 51.1 Å². The van der Waals surface area contributed by atoms with Crippen LogP contribution in [0, 0.1) is 0 Å². The maximum atomic E-state index is 3.35. The van der Waals surface area contributed by atoms with Crippen molar-refractivity contribution >= 4 is 0 Å². The third kappa shape index (κ3) is 3.28. The van der Waals surface area contributed by atoms with Gasteiger partial charge in [-0.1, -0.05) is 12.8 Å². The predicted octanol–water partition coefficient (Wildman–Crippen LogP) is 1.86. The summed E-state index contributed by atoms with van der Waals surface area (Å²) < 4.78 is 0. The second-order valence-corrected chi connectivity index (χ2v) is 4.99. The first-order valence-corrected chi connectivity index (χ1v) is 5.44. The summed E-state index contributed by atoms with van der Waals surface area (Å²) in [5.74, 6) is 0. The Morgan fingerprint density at radius 2 is 1.85 bits per heavy atom. The standard InChI is InChI=1S/C11H24N2/c1-11(2,12-3)9-13(4)10-7-5-6-8-10/h10,12H,5-9H2,1-4H3. The van der Waals surface area contributed by atoms with Crippen molar-refractivity contribution in [3.8, 4) is 0 Å². The van der Waals surface area contributed by atoms with Gasteiger partial charge in [0.25, 0.3) is 0 Å². The molecule has 0 amide bonds. The van der Waals surface area contributed by atoms with Gasteiger partial charge in [-0.05, 0) is 40.8 Å². The van der Waals surface area contributed by atoms with Gasteiger partial charge in [0, 0.05) is 18.1 Å². The summed E-state index contributed by atoms with van der Waals surface area (Å²) in [7, 11) is 4.30. The maximum Gasteiger partial charge on any atom is 0.0249 e. The molecule has 0 atom stereocenters. The SMILES string of the molecule is CNC(C)(C)CN(C)C1CCCC1. The highest BCUT2D eigenvalue weighted by atomic mass is 15.2. The van der Waals surface area contributed by atoms with E-state index < -0.39 is 0 Å². The Labute approximate surface area is 82.7 Å². The zero-order valence-corrected chi connectivity index (χ0v) is 9.56. The average Bonchev–Trinajstić information content (AvgIpc) is 2.55. The Morgan fingerprint density at radius 1 is 1.31 bits per heavy atom. The highest BCUT2D eigenvalue weighted by molar-refractivity contribution is 4.83. The van der Waals surface area contributed by atoms with Crippen molar-refractivity contribution in [1.82, 2.24) is 10.2 Å². The van der Waals surface area contributed by atoms with Gasteiger partial charge in [-0.25, -0.2) is 0 Å². The third-order valence-corrected chi connectivity index (χ3v) is 3.27. The van der Waals surface area contributed by atoms with E-state index in [4.69, 9.17) is 0 Å². The summed E-state index contributed by atoms with van der Waals surface area (Å²) in [6.07, 6.45) is 5.65. The van der Waals surface area contributed by atoms with Crippen molar-refractivity contribution in [2.75, 3.05) is 20.6 Å². The highest BCUT2D eigenvalue weighted by Gasteiger charge is 2.24. The predicted molar refractivity (Wildman–Crippen MR) is 58.0 cm³/mol. The number of hydrogen-bond acceptors (Lipinski definition) is 2. The summed E-state index contributed by atoms with van der Waals surface area (Å²) in [4.78, 5) is 2.52. The third-order valence-electron chi connectivity index (χ3n) is 3.27. The average molecular weight is 184 g/mol. The summed E-state index contributed by atoms with van der Waals surface area (Å²) in [6, 6.07) is 0.840. The Hall–Kier alpha value is -0.0800. The minimum Gasteiger partial charge on any atom is -0.314 e. The van der Waals surface area contributed by atoms with Crippen LogP contribution in [0.15, 0.2) is 0 Å². The molecule has 0 saturated heterocycles. The van der Waals surface area contributed by atoms with E-state index in [1.54, 1.807) is 0 Å². The van der Waals surface area contributed by atoms with Gasteiger partial charge >= 0.3 is 0 Å². The molecule has 0 spiro atoms. The van der Waals surface area contributed by atoms with Crippen LogP contribution in [0.3, 0.4) is 0 Å². The fraction of sp³-hybridized carbons (Fsp3) is 1.00. The number of likely N-dealkylation sites (N-methyl/N-ethyl adjacent to an activating group) is 2. The van der Waals surface area contributed by atoms with Crippen LogP contribution >= 0.6 is 0 Å². The molecule has 0 aliphatic heterocycles. The smallest absolute Gasteiger partial charge is 0.0249 e. The Kier molecular flexibility index (Phi) is 3.74. The van der Waals surface area contributed by atoms with Crippen molar-refractivity contribution in [3.05, 3.63) is 0 Å². The van der Waals surface area contributed by atoms with Crippen LogP contribution in [0.1, 0.15) is 39.5 Å². The van der Waals surface area contributed by atoms with Crippen molar-refractivity contribution in [2.24, 2.45) is 0 Å². The molecule has 1 fully saturated rings. The summed E-state index contributed by atoms with van der Waals surface area (Å²) in [6.45, 7) is 5.67. The molecule has 1 N–H and O–H groups in total. The van der Waals surface area contributed by atoms with Gasteiger partial charge in [0.15, 0.2) is 0 Å². The lowest BCUT2D eigenvalue weighted by Gasteiger charge is -2.33. The first-order valence-electron chi connectivity index (χ1n) is 5.44. The Morgan fingerprint density at radius 3 is 2.31 bits per heavy atom. The van der Waals surface area contributed by atoms with Crippen LogP contribution in [0.4, 0.5) is 0 Å². The zero-order valence-electron chi connectivity index (χ0n) is 9.56. The molecule has 2 heteroatoms. The maximum absolute atomic E-state index is 3.35. The van der Waals surface area contributed by atoms with Crippen LogP contribution < -0.4 is 5.32 Å². The van der Waals surface area contributed by atoms with Gasteiger partial charge in [0.05, 0.1) is 0 Å². The molecule has 1 aliphatic rings. The van der Waals surface area contributed by atoms with Gasteiger partial charge in [-0.3, -0.25) is 0 Å². The molecule has 0 bridgehead atoms. The Bertz CT molecular complexity index is 148. The molecular weight excluding hydrogens is 160 g/mol. The lowest BCUT2D eigenvalue weighted by Crippen LogP contribution is -2.48. The molecule has 0 aromatic rings. The summed E-state index contributed by atoms with van der Waals surface area (Å²) in [5, 5.41) is 3.35. The van der Waals surface area contributed by atoms with E-state index in [1.807, 2.05) is 7.05 Å². The molecule has 13 heavy (non-hydrogen) atoms. The molecule has 0 heterocycles. The largest absolute Gasteiger partial charge is 0.314 e. The van der Waals surface area contributed by atoms with E-state index in [1.165, 1.54) is 25.7 Å². The quantitative estimate of drug-likeness (QED) is 0.717. The van der Waals surface area contributed by atoms with Crippen LogP contribution in [0.5, 0.6) is 0 Å². The lowest BCUT2D eigenvalue weighted by atomic mass is 10.0. The normalized spacial score (nSPS) is 20.1. The monoisotopic (exact) mass is 184 g/mol. The topological polar surface area (TPSA) is 15.3 Å². The fourth-order valence-electron chi connectivity index (χ4n) is 2.18. The molecule has 2 nitrogen and oxygen atoms in total. The highest BCUT2D eigenvalue weighted by Crippen LogP contribution is 2.23. The van der Waals surface area contributed by atoms with E-state index in [-0.39, 0.29) is 5.54 Å². The molecular formula is C11H24N2. The molecule has 1 saturated carbocycles. The zero-order chi connectivity index (χ0) is 9.90. The second kappa shape index (κ2) is 4.43. The molecule has 1 rings (SSSR count). The van der Waals surface area contributed by atoms with Gasteiger partial charge in [-0.15, -0.1) is 0 Å². The lowest BCUT2D eigenvalue weighted by molar-refractivity contribution is 0.188. The second-order valence-electron chi connectivity index (χ2n) is 4.99. The van der Waals surface area contributed by atoms with E-state index >= 15 is 0 Å². The van der Waals surface area contributed by atoms with Gasteiger partial charge in [0.2, 0.25) is 0 Å². The van der Waals surface area contributed by atoms with Crippen LogP contribution in [-0.2, 0) is 0 Å². The first kappa shape index (κ1) is 11.0. The van der Waals surface area contributed by atoms with Crippen molar-refractivity contribution in [1.29, 1.82) is 0 Å². The molecule has 0 aromatic heterocycles. The summed E-state index contributed by atoms with van der Waals surface area (Å²) >= 11 is 0.